The second-order valence-corrected chi connectivity index (χ2v) is 5.93. The molecule has 1 aliphatic heterocycles. The van der Waals surface area contributed by atoms with Crippen LogP contribution in [0.2, 0.25) is 5.02 Å². The summed E-state index contributed by atoms with van der Waals surface area (Å²) in [6.45, 7) is 3.98. The summed E-state index contributed by atoms with van der Waals surface area (Å²) in [5.74, 6) is -0.327. The first-order valence-electron chi connectivity index (χ1n) is 7.60. The number of piperidine rings is 1. The van der Waals surface area contributed by atoms with Crippen LogP contribution in [0.15, 0.2) is 18.2 Å². The summed E-state index contributed by atoms with van der Waals surface area (Å²) in [7, 11) is 0. The van der Waals surface area contributed by atoms with Crippen molar-refractivity contribution >= 4 is 17.5 Å². The number of hydrogen-bond acceptors (Lipinski definition) is 3. The van der Waals surface area contributed by atoms with Crippen molar-refractivity contribution in [2.45, 2.75) is 25.9 Å². The molecule has 0 radical (unpaired) electrons. The summed E-state index contributed by atoms with van der Waals surface area (Å²) < 4.78 is 20.2. The summed E-state index contributed by atoms with van der Waals surface area (Å²) in [4.78, 5) is 10.9. The molecule has 0 bridgehead atoms. The quantitative estimate of drug-likeness (QED) is 0.789. The van der Waals surface area contributed by atoms with E-state index in [9.17, 15) is 9.18 Å². The normalized spacial score (nSPS) is 19.7. The molecule has 0 unspecified atom stereocenters. The maximum Gasteiger partial charge on any atom is 0.216 e. The van der Waals surface area contributed by atoms with E-state index < -0.39 is 5.82 Å². The van der Waals surface area contributed by atoms with Crippen LogP contribution in [-0.4, -0.2) is 32.1 Å². The Hall–Kier alpha value is -1.17. The zero-order valence-corrected chi connectivity index (χ0v) is 13.5. The number of hydrogen-bond donors (Lipinski definition) is 2. The SMILES string of the molecule is CC(=O)NCCO[C@@H](c1cccc(Cl)c1F)[C@@H]1CCCNC1. The fraction of sp³-hybridized carbons (Fsp3) is 0.562. The van der Waals surface area contributed by atoms with Crippen LogP contribution in [0.3, 0.4) is 0 Å². The van der Waals surface area contributed by atoms with Crippen molar-refractivity contribution in [2.24, 2.45) is 5.92 Å². The van der Waals surface area contributed by atoms with Crippen LogP contribution in [0.25, 0.3) is 0 Å². The summed E-state index contributed by atoms with van der Waals surface area (Å²) in [6, 6.07) is 4.99. The molecular formula is C16H22ClFN2O2. The summed E-state index contributed by atoms with van der Waals surface area (Å²) in [5.41, 5.74) is 0.490. The smallest absolute Gasteiger partial charge is 0.216 e. The van der Waals surface area contributed by atoms with Gasteiger partial charge in [0.1, 0.15) is 5.82 Å². The molecule has 1 aliphatic rings. The Balaban J connectivity index is 2.10. The molecule has 1 amide bonds. The first kappa shape index (κ1) is 17.2. The minimum atomic E-state index is -0.417. The average Bonchev–Trinajstić information content (AvgIpc) is 2.51. The van der Waals surface area contributed by atoms with Crippen LogP contribution in [0.5, 0.6) is 0 Å². The summed E-state index contributed by atoms with van der Waals surface area (Å²) in [5, 5.41) is 6.11. The predicted octanol–water partition coefficient (Wildman–Crippen LogP) is 2.67. The molecule has 122 valence electrons. The Morgan fingerprint density at radius 2 is 2.41 bits per heavy atom. The van der Waals surface area contributed by atoms with Crippen molar-refractivity contribution in [3.8, 4) is 0 Å². The molecule has 0 spiro atoms. The van der Waals surface area contributed by atoms with Gasteiger partial charge in [-0.05, 0) is 25.5 Å². The van der Waals surface area contributed by atoms with Crippen molar-refractivity contribution in [3.05, 3.63) is 34.6 Å². The van der Waals surface area contributed by atoms with Crippen LogP contribution in [0, 0.1) is 11.7 Å². The van der Waals surface area contributed by atoms with E-state index in [4.69, 9.17) is 16.3 Å². The van der Waals surface area contributed by atoms with Gasteiger partial charge in [-0.1, -0.05) is 23.7 Å². The highest BCUT2D eigenvalue weighted by Gasteiger charge is 2.28. The van der Waals surface area contributed by atoms with Crippen LogP contribution < -0.4 is 10.6 Å². The Bertz CT molecular complexity index is 507. The van der Waals surface area contributed by atoms with Crippen LogP contribution in [0.1, 0.15) is 31.4 Å². The molecule has 6 heteroatoms. The molecule has 2 atom stereocenters. The van der Waals surface area contributed by atoms with Gasteiger partial charge in [0.25, 0.3) is 0 Å². The van der Waals surface area contributed by atoms with Gasteiger partial charge in [0, 0.05) is 31.5 Å². The first-order chi connectivity index (χ1) is 10.6. The zero-order chi connectivity index (χ0) is 15.9. The lowest BCUT2D eigenvalue weighted by atomic mass is 9.89. The third-order valence-corrected chi connectivity index (χ3v) is 4.12. The van der Waals surface area contributed by atoms with Gasteiger partial charge in [0.05, 0.1) is 17.7 Å². The molecule has 1 heterocycles. The van der Waals surface area contributed by atoms with Gasteiger partial charge in [-0.15, -0.1) is 0 Å². The van der Waals surface area contributed by atoms with E-state index in [0.29, 0.717) is 18.7 Å². The van der Waals surface area contributed by atoms with Gasteiger partial charge in [-0.25, -0.2) is 4.39 Å². The third kappa shape index (κ3) is 4.66. The lowest BCUT2D eigenvalue weighted by Crippen LogP contribution is -2.35. The van der Waals surface area contributed by atoms with Gasteiger partial charge in [-0.2, -0.15) is 0 Å². The van der Waals surface area contributed by atoms with Crippen molar-refractivity contribution in [2.75, 3.05) is 26.2 Å². The van der Waals surface area contributed by atoms with Crippen molar-refractivity contribution < 1.29 is 13.9 Å². The Kier molecular flexibility index (Phi) is 6.61. The van der Waals surface area contributed by atoms with Gasteiger partial charge < -0.3 is 15.4 Å². The number of halogens is 2. The fourth-order valence-corrected chi connectivity index (χ4v) is 2.95. The molecule has 1 saturated heterocycles. The number of amides is 1. The highest BCUT2D eigenvalue weighted by molar-refractivity contribution is 6.30. The Labute approximate surface area is 135 Å². The topological polar surface area (TPSA) is 50.4 Å². The number of benzene rings is 1. The molecule has 0 aromatic heterocycles. The van der Waals surface area contributed by atoms with E-state index in [1.807, 2.05) is 0 Å². The summed E-state index contributed by atoms with van der Waals surface area (Å²) in [6.07, 6.45) is 1.66. The highest BCUT2D eigenvalue weighted by atomic mass is 35.5. The monoisotopic (exact) mass is 328 g/mol. The van der Waals surface area contributed by atoms with Crippen LogP contribution in [0.4, 0.5) is 4.39 Å². The van der Waals surface area contributed by atoms with E-state index >= 15 is 0 Å². The van der Waals surface area contributed by atoms with Crippen molar-refractivity contribution in [1.29, 1.82) is 0 Å². The van der Waals surface area contributed by atoms with Crippen molar-refractivity contribution in [3.63, 3.8) is 0 Å². The Morgan fingerprint density at radius 3 is 3.09 bits per heavy atom. The van der Waals surface area contributed by atoms with Gasteiger partial charge >= 0.3 is 0 Å². The maximum atomic E-state index is 14.3. The molecule has 1 aromatic carbocycles. The van der Waals surface area contributed by atoms with E-state index in [-0.39, 0.29) is 23.0 Å². The van der Waals surface area contributed by atoms with E-state index in [0.717, 1.165) is 25.9 Å². The van der Waals surface area contributed by atoms with E-state index in [2.05, 4.69) is 10.6 Å². The zero-order valence-electron chi connectivity index (χ0n) is 12.7. The lowest BCUT2D eigenvalue weighted by molar-refractivity contribution is -0.119. The number of ether oxygens (including phenoxy) is 1. The molecule has 22 heavy (non-hydrogen) atoms. The largest absolute Gasteiger partial charge is 0.371 e. The highest BCUT2D eigenvalue weighted by Crippen LogP contribution is 2.34. The fourth-order valence-electron chi connectivity index (χ4n) is 2.77. The van der Waals surface area contributed by atoms with E-state index in [1.54, 1.807) is 12.1 Å². The molecule has 0 saturated carbocycles. The van der Waals surface area contributed by atoms with Gasteiger partial charge in [-0.3, -0.25) is 4.79 Å². The first-order valence-corrected chi connectivity index (χ1v) is 7.98. The molecule has 4 nitrogen and oxygen atoms in total. The summed E-state index contributed by atoms with van der Waals surface area (Å²) >= 11 is 5.90. The lowest BCUT2D eigenvalue weighted by Gasteiger charge is -2.31. The second-order valence-electron chi connectivity index (χ2n) is 5.52. The molecule has 1 fully saturated rings. The van der Waals surface area contributed by atoms with Gasteiger partial charge in [0.15, 0.2) is 0 Å². The number of carbonyl (C=O) groups excluding carboxylic acids is 1. The number of rotatable bonds is 6. The minimum absolute atomic E-state index is 0.103. The molecule has 0 aliphatic carbocycles. The molecule has 2 N–H and O–H groups in total. The van der Waals surface area contributed by atoms with Crippen LogP contribution in [-0.2, 0) is 9.53 Å². The maximum absolute atomic E-state index is 14.3. The predicted molar refractivity (Wildman–Crippen MR) is 84.4 cm³/mol. The van der Waals surface area contributed by atoms with E-state index in [1.165, 1.54) is 13.0 Å². The molecular weight excluding hydrogens is 307 g/mol. The number of nitrogens with one attached hydrogen (secondary N) is 2. The second kappa shape index (κ2) is 8.46. The minimum Gasteiger partial charge on any atom is -0.371 e. The molecule has 2 rings (SSSR count). The molecule has 1 aromatic rings. The Morgan fingerprint density at radius 1 is 1.59 bits per heavy atom. The van der Waals surface area contributed by atoms with Crippen molar-refractivity contribution in [1.82, 2.24) is 10.6 Å². The standard InChI is InChI=1S/C16H22ClFN2O2/c1-11(21)20-8-9-22-16(12-4-3-7-19-10-12)13-5-2-6-14(17)15(13)18/h2,5-6,12,16,19H,3-4,7-10H2,1H3,(H,20,21)/t12-,16-/m1/s1. The number of carbonyl (C=O) groups is 1. The van der Waals surface area contributed by atoms with Gasteiger partial charge in [0.2, 0.25) is 5.91 Å². The van der Waals surface area contributed by atoms with Crippen LogP contribution >= 0.6 is 11.6 Å². The average molecular weight is 329 g/mol. The third-order valence-electron chi connectivity index (χ3n) is 3.82.